The number of benzene rings is 1. The Balaban J connectivity index is 1.37. The Morgan fingerprint density at radius 3 is 2.56 bits per heavy atom. The van der Waals surface area contributed by atoms with Crippen LogP contribution < -0.4 is 11.1 Å². The van der Waals surface area contributed by atoms with Crippen LogP contribution in [0.3, 0.4) is 0 Å². The van der Waals surface area contributed by atoms with Crippen LogP contribution >= 0.6 is 0 Å². The number of anilines is 1. The molecular formula is C26H27N7O. The molecule has 34 heavy (non-hydrogen) atoms. The van der Waals surface area contributed by atoms with Crippen LogP contribution in [0.15, 0.2) is 73.6 Å². The largest absolute Gasteiger partial charge is 0.383 e. The first kappa shape index (κ1) is 21.8. The van der Waals surface area contributed by atoms with Gasteiger partial charge in [0, 0.05) is 43.8 Å². The van der Waals surface area contributed by atoms with Crippen molar-refractivity contribution in [1.82, 2.24) is 29.7 Å². The summed E-state index contributed by atoms with van der Waals surface area (Å²) in [6.45, 7) is 6.29. The summed E-state index contributed by atoms with van der Waals surface area (Å²) < 4.78 is 2.03. The summed E-state index contributed by atoms with van der Waals surface area (Å²) in [5.41, 5.74) is 10.7. The van der Waals surface area contributed by atoms with Gasteiger partial charge in [-0.25, -0.2) is 15.0 Å². The van der Waals surface area contributed by atoms with Crippen LogP contribution in [0.1, 0.15) is 18.4 Å². The van der Waals surface area contributed by atoms with Crippen molar-refractivity contribution in [3.63, 3.8) is 0 Å². The lowest BCUT2D eigenvalue weighted by molar-refractivity contribution is -0.117. The van der Waals surface area contributed by atoms with Crippen molar-refractivity contribution in [2.24, 2.45) is 0 Å². The van der Waals surface area contributed by atoms with E-state index in [1.807, 2.05) is 28.8 Å². The molecule has 0 atom stereocenters. The molecule has 4 aromatic rings. The number of pyridine rings is 2. The Bertz CT molecular complexity index is 1320. The van der Waals surface area contributed by atoms with Crippen LogP contribution in [0.25, 0.3) is 28.2 Å². The van der Waals surface area contributed by atoms with E-state index in [0.717, 1.165) is 60.7 Å². The number of nitrogens with zero attached hydrogens (tertiary/aromatic N) is 5. The molecule has 1 aliphatic heterocycles. The summed E-state index contributed by atoms with van der Waals surface area (Å²) >= 11 is 0. The van der Waals surface area contributed by atoms with E-state index in [2.05, 4.69) is 51.0 Å². The Morgan fingerprint density at radius 1 is 1.09 bits per heavy atom. The smallest absolute Gasteiger partial charge is 0.243 e. The van der Waals surface area contributed by atoms with Gasteiger partial charge in [0.05, 0.1) is 5.56 Å². The number of aromatic nitrogens is 4. The number of nitrogens with two attached hydrogens (primary N) is 1. The second-order valence-corrected chi connectivity index (χ2v) is 8.48. The van der Waals surface area contributed by atoms with Gasteiger partial charge < -0.3 is 11.1 Å². The molecule has 5 rings (SSSR count). The molecule has 0 aliphatic carbocycles. The lowest BCUT2D eigenvalue weighted by atomic mass is 10.0. The quantitative estimate of drug-likeness (QED) is 0.434. The number of fused-ring (bicyclic) bond motifs is 1. The van der Waals surface area contributed by atoms with Gasteiger partial charge in [-0.3, -0.25) is 14.3 Å². The van der Waals surface area contributed by atoms with Crippen molar-refractivity contribution in [3.8, 4) is 17.1 Å². The van der Waals surface area contributed by atoms with E-state index in [1.54, 1.807) is 12.4 Å². The average Bonchev–Trinajstić information content (AvgIpc) is 3.25. The van der Waals surface area contributed by atoms with Crippen molar-refractivity contribution in [3.05, 3.63) is 79.1 Å². The number of rotatable bonds is 6. The fraction of sp³-hybridized carbons (Fsp3) is 0.231. The number of amides is 1. The van der Waals surface area contributed by atoms with Crippen LogP contribution in [0.4, 0.5) is 5.82 Å². The van der Waals surface area contributed by atoms with E-state index in [9.17, 15) is 4.79 Å². The van der Waals surface area contributed by atoms with Crippen LogP contribution in [0, 0.1) is 0 Å². The molecule has 1 saturated heterocycles. The van der Waals surface area contributed by atoms with Gasteiger partial charge in [0.1, 0.15) is 11.3 Å². The minimum absolute atomic E-state index is 0.0945. The minimum Gasteiger partial charge on any atom is -0.383 e. The van der Waals surface area contributed by atoms with Crippen molar-refractivity contribution < 1.29 is 4.79 Å². The van der Waals surface area contributed by atoms with Crippen molar-refractivity contribution >= 4 is 22.9 Å². The molecule has 3 aromatic heterocycles. The monoisotopic (exact) mass is 453 g/mol. The van der Waals surface area contributed by atoms with E-state index in [1.165, 1.54) is 11.6 Å². The molecule has 172 valence electrons. The maximum Gasteiger partial charge on any atom is 0.243 e. The van der Waals surface area contributed by atoms with Crippen LogP contribution in [0.2, 0.25) is 0 Å². The van der Waals surface area contributed by atoms with Crippen molar-refractivity contribution in [2.45, 2.75) is 25.4 Å². The molecule has 1 amide bonds. The highest BCUT2D eigenvalue weighted by Gasteiger charge is 2.21. The number of piperidine rings is 1. The third-order valence-corrected chi connectivity index (χ3v) is 6.22. The Kier molecular flexibility index (Phi) is 6.05. The molecule has 4 heterocycles. The first-order valence-corrected chi connectivity index (χ1v) is 11.4. The molecule has 8 nitrogen and oxygen atoms in total. The van der Waals surface area contributed by atoms with Gasteiger partial charge in [-0.1, -0.05) is 18.7 Å². The molecule has 8 heteroatoms. The maximum atomic E-state index is 11.5. The van der Waals surface area contributed by atoms with Gasteiger partial charge in [-0.15, -0.1) is 0 Å². The summed E-state index contributed by atoms with van der Waals surface area (Å²) in [5.74, 6) is 1.06. The first-order chi connectivity index (χ1) is 16.6. The number of hydrogen-bond acceptors (Lipinski definition) is 6. The Labute approximate surface area is 198 Å². The highest BCUT2D eigenvalue weighted by atomic mass is 16.1. The van der Waals surface area contributed by atoms with Crippen molar-refractivity contribution in [1.29, 1.82) is 0 Å². The van der Waals surface area contributed by atoms with Crippen LogP contribution in [0.5, 0.6) is 0 Å². The minimum atomic E-state index is -0.0945. The predicted octanol–water partition coefficient (Wildman–Crippen LogP) is 3.33. The van der Waals surface area contributed by atoms with Gasteiger partial charge in [0.25, 0.3) is 0 Å². The summed E-state index contributed by atoms with van der Waals surface area (Å²) in [6, 6.07) is 16.3. The third kappa shape index (κ3) is 4.40. The van der Waals surface area contributed by atoms with E-state index < -0.39 is 0 Å². The number of hydrogen-bond donors (Lipinski definition) is 2. The summed E-state index contributed by atoms with van der Waals surface area (Å²) in [6.07, 6.45) is 6.67. The molecular weight excluding hydrogens is 426 g/mol. The summed E-state index contributed by atoms with van der Waals surface area (Å²) in [4.78, 5) is 27.6. The molecule has 0 bridgehead atoms. The predicted molar refractivity (Wildman–Crippen MR) is 133 cm³/mol. The van der Waals surface area contributed by atoms with Crippen molar-refractivity contribution in [2.75, 3.05) is 18.8 Å². The lowest BCUT2D eigenvalue weighted by Crippen LogP contribution is -2.43. The molecule has 3 N–H and O–H groups in total. The standard InChI is InChI=1S/C26H27N7O/c1-2-23(34)30-19-11-15-32(16-12-19)17-18-7-9-20(10-8-18)33-25(21-5-3-13-28-24(21)27)31-22-6-4-14-29-26(22)33/h2-10,13-14,19H,1,11-12,15-17H2,(H2,27,28)(H,30,34). The average molecular weight is 454 g/mol. The zero-order valence-electron chi connectivity index (χ0n) is 18.9. The van der Waals surface area contributed by atoms with E-state index in [0.29, 0.717) is 5.82 Å². The number of likely N-dealkylation sites (tertiary alicyclic amines) is 1. The van der Waals surface area contributed by atoms with Gasteiger partial charge in [0.15, 0.2) is 11.5 Å². The Morgan fingerprint density at radius 2 is 1.82 bits per heavy atom. The molecule has 0 unspecified atom stereocenters. The molecule has 0 saturated carbocycles. The molecule has 1 fully saturated rings. The molecule has 1 aliphatic rings. The number of carbonyl (C=O) groups excluding carboxylic acids is 1. The van der Waals surface area contributed by atoms with E-state index in [-0.39, 0.29) is 11.9 Å². The maximum absolute atomic E-state index is 11.5. The second-order valence-electron chi connectivity index (χ2n) is 8.48. The van der Waals surface area contributed by atoms with Crippen LogP contribution in [-0.2, 0) is 11.3 Å². The number of carbonyl (C=O) groups is 1. The number of imidazole rings is 1. The summed E-state index contributed by atoms with van der Waals surface area (Å²) in [7, 11) is 0. The van der Waals surface area contributed by atoms with E-state index >= 15 is 0 Å². The topological polar surface area (TPSA) is 102 Å². The zero-order chi connectivity index (χ0) is 23.5. The highest BCUT2D eigenvalue weighted by molar-refractivity contribution is 5.87. The molecule has 0 spiro atoms. The lowest BCUT2D eigenvalue weighted by Gasteiger charge is -2.32. The normalized spacial score (nSPS) is 14.8. The number of nitrogen functional groups attached to an aromatic ring is 1. The third-order valence-electron chi connectivity index (χ3n) is 6.22. The van der Waals surface area contributed by atoms with Crippen LogP contribution in [-0.4, -0.2) is 49.5 Å². The first-order valence-electron chi connectivity index (χ1n) is 11.4. The zero-order valence-corrected chi connectivity index (χ0v) is 18.9. The Hall–Kier alpha value is -4.04. The van der Waals surface area contributed by atoms with E-state index in [4.69, 9.17) is 10.7 Å². The molecule has 1 aromatic carbocycles. The molecule has 0 radical (unpaired) electrons. The highest BCUT2D eigenvalue weighted by Crippen LogP contribution is 2.30. The van der Waals surface area contributed by atoms with Gasteiger partial charge >= 0.3 is 0 Å². The van der Waals surface area contributed by atoms with Gasteiger partial charge in [-0.05, 0) is 60.9 Å². The second kappa shape index (κ2) is 9.44. The fourth-order valence-electron chi connectivity index (χ4n) is 4.45. The van der Waals surface area contributed by atoms with Gasteiger partial charge in [-0.2, -0.15) is 0 Å². The summed E-state index contributed by atoms with van der Waals surface area (Å²) in [5, 5.41) is 3.00. The fourth-order valence-corrected chi connectivity index (χ4v) is 4.45. The SMILES string of the molecule is C=CC(=O)NC1CCN(Cc2ccc(-n3c(-c4cccnc4N)nc4cccnc43)cc2)CC1. The number of nitrogens with one attached hydrogen (secondary N) is 1. The van der Waals surface area contributed by atoms with Gasteiger partial charge in [0.2, 0.25) is 5.91 Å².